The second-order valence-corrected chi connectivity index (χ2v) is 8.07. The number of fused-ring (bicyclic) bond motifs is 2. The molecule has 6 nitrogen and oxygen atoms in total. The van der Waals surface area contributed by atoms with E-state index in [1.807, 2.05) is 30.3 Å². The number of esters is 2. The van der Waals surface area contributed by atoms with Gasteiger partial charge >= 0.3 is 11.9 Å². The van der Waals surface area contributed by atoms with Crippen molar-refractivity contribution in [2.45, 2.75) is 0 Å². The van der Waals surface area contributed by atoms with Gasteiger partial charge in [0.05, 0.1) is 14.2 Å². The van der Waals surface area contributed by atoms with Crippen molar-refractivity contribution in [2.24, 2.45) is 0 Å². The summed E-state index contributed by atoms with van der Waals surface area (Å²) in [7, 11) is 2.17. The second-order valence-electron chi connectivity index (χ2n) is 8.07. The highest BCUT2D eigenvalue weighted by Crippen LogP contribution is 2.35. The Labute approximate surface area is 205 Å². The smallest absolute Gasteiger partial charge is 0.343 e. The monoisotopic (exact) mass is 481 g/mol. The number of carbonyl (C=O) groups is 3. The molecule has 0 saturated carbocycles. The normalized spacial score (nSPS) is 11.0. The zero-order valence-corrected chi connectivity index (χ0v) is 19.4. The maximum absolute atomic E-state index is 16.0. The highest BCUT2D eigenvalue weighted by Gasteiger charge is 2.37. The Bertz CT molecular complexity index is 1620. The lowest BCUT2D eigenvalue weighted by Crippen LogP contribution is -2.17. The number of nitrogens with zero attached hydrogens (tertiary/aromatic N) is 1. The molecule has 0 saturated heterocycles. The van der Waals surface area contributed by atoms with Crippen molar-refractivity contribution in [3.8, 4) is 5.69 Å². The average molecular weight is 481 g/mol. The number of hydrogen-bond donors (Lipinski definition) is 0. The molecular weight excluding hydrogens is 461 g/mol. The lowest BCUT2D eigenvalue weighted by molar-refractivity contribution is 0.0551. The summed E-state index contributed by atoms with van der Waals surface area (Å²) in [5.41, 5.74) is -0.954. The van der Waals surface area contributed by atoms with Crippen LogP contribution < -0.4 is 0 Å². The molecule has 0 aliphatic carbocycles. The van der Waals surface area contributed by atoms with Gasteiger partial charge in [0, 0.05) is 11.3 Å². The molecule has 1 heterocycles. The van der Waals surface area contributed by atoms with Gasteiger partial charge in [0.25, 0.3) is 0 Å². The molecule has 0 N–H and O–H groups in total. The maximum Gasteiger partial charge on any atom is 0.343 e. The minimum Gasteiger partial charge on any atom is -0.465 e. The molecule has 4 aromatic carbocycles. The molecule has 0 radical (unpaired) electrons. The fourth-order valence-electron chi connectivity index (χ4n) is 4.54. The van der Waals surface area contributed by atoms with Gasteiger partial charge in [-0.15, -0.1) is 0 Å². The van der Waals surface area contributed by atoms with Crippen LogP contribution in [0.2, 0.25) is 0 Å². The summed E-state index contributed by atoms with van der Waals surface area (Å²) < 4.78 is 26.6. The first-order valence-electron chi connectivity index (χ1n) is 11.1. The third kappa shape index (κ3) is 3.53. The minimum absolute atomic E-state index is 0.253. The van der Waals surface area contributed by atoms with Crippen molar-refractivity contribution in [3.63, 3.8) is 0 Å². The van der Waals surface area contributed by atoms with Gasteiger partial charge in [-0.2, -0.15) is 4.39 Å². The van der Waals surface area contributed by atoms with Crippen LogP contribution in [0.1, 0.15) is 36.8 Å². The van der Waals surface area contributed by atoms with Gasteiger partial charge in [-0.1, -0.05) is 66.7 Å². The number of halogens is 1. The third-order valence-electron chi connectivity index (χ3n) is 6.12. The molecule has 5 aromatic rings. The number of rotatable bonds is 5. The molecule has 0 bridgehead atoms. The number of aromatic nitrogens is 1. The Morgan fingerprint density at radius 3 is 1.72 bits per heavy atom. The topological polar surface area (TPSA) is 74.6 Å². The van der Waals surface area contributed by atoms with E-state index in [-0.39, 0.29) is 16.9 Å². The van der Waals surface area contributed by atoms with Gasteiger partial charge in [-0.3, -0.25) is 9.36 Å². The Hall–Kier alpha value is -4.78. The van der Waals surface area contributed by atoms with Crippen molar-refractivity contribution < 1.29 is 28.2 Å². The Morgan fingerprint density at radius 2 is 1.17 bits per heavy atom. The molecular formula is C29H20FNO5. The molecule has 1 aromatic heterocycles. The number of hydrogen-bond acceptors (Lipinski definition) is 5. The van der Waals surface area contributed by atoms with Crippen LogP contribution in [0.15, 0.2) is 84.9 Å². The van der Waals surface area contributed by atoms with Crippen LogP contribution in [-0.2, 0) is 9.47 Å². The van der Waals surface area contributed by atoms with Crippen molar-refractivity contribution in [1.29, 1.82) is 0 Å². The van der Waals surface area contributed by atoms with Crippen LogP contribution in [0.4, 0.5) is 4.39 Å². The summed E-state index contributed by atoms with van der Waals surface area (Å²) in [6, 6.07) is 24.8. The molecule has 0 fully saturated rings. The second kappa shape index (κ2) is 9.11. The van der Waals surface area contributed by atoms with Crippen LogP contribution in [-0.4, -0.2) is 36.5 Å². The predicted octanol–water partition coefficient (Wildman–Crippen LogP) is 5.73. The lowest BCUT2D eigenvalue weighted by atomic mass is 9.92. The third-order valence-corrected chi connectivity index (χ3v) is 6.12. The number of methoxy groups -OCH3 is 2. The molecule has 0 atom stereocenters. The van der Waals surface area contributed by atoms with Crippen molar-refractivity contribution in [3.05, 3.63) is 113 Å². The molecule has 7 heteroatoms. The van der Waals surface area contributed by atoms with Crippen LogP contribution in [0.25, 0.3) is 27.2 Å². The van der Waals surface area contributed by atoms with Crippen LogP contribution in [0.5, 0.6) is 0 Å². The molecule has 0 unspecified atom stereocenters. The van der Waals surface area contributed by atoms with E-state index in [2.05, 4.69) is 0 Å². The number of para-hydroxylation sites is 1. The fourth-order valence-corrected chi connectivity index (χ4v) is 4.54. The van der Waals surface area contributed by atoms with Crippen molar-refractivity contribution in [2.75, 3.05) is 14.2 Å². The van der Waals surface area contributed by atoms with E-state index < -0.39 is 34.8 Å². The summed E-state index contributed by atoms with van der Waals surface area (Å²) in [6.45, 7) is 0. The molecule has 5 rings (SSSR count). The summed E-state index contributed by atoms with van der Waals surface area (Å²) >= 11 is 0. The number of ketones is 1. The highest BCUT2D eigenvalue weighted by molar-refractivity contribution is 6.27. The highest BCUT2D eigenvalue weighted by atomic mass is 19.1. The standard InChI is InChI=1S/C29H20FNO5/c1-35-28(33)23-24(29(34)36-2)27(30)31(19-12-4-3-5-13-19)25(23)26(32)22-20-14-8-6-10-17(20)16-18-11-7-9-15-21(18)22/h3-16H,1-2H3. The summed E-state index contributed by atoms with van der Waals surface area (Å²) in [5, 5.41) is 2.84. The average Bonchev–Trinajstić information content (AvgIpc) is 3.23. The lowest BCUT2D eigenvalue weighted by Gasteiger charge is -2.14. The van der Waals surface area contributed by atoms with E-state index in [1.165, 1.54) is 0 Å². The zero-order valence-electron chi connectivity index (χ0n) is 19.4. The number of carbonyl (C=O) groups excluding carboxylic acids is 3. The van der Waals surface area contributed by atoms with Gasteiger partial charge < -0.3 is 9.47 Å². The van der Waals surface area contributed by atoms with Gasteiger partial charge in [-0.25, -0.2) is 9.59 Å². The molecule has 0 aliphatic rings. The first-order chi connectivity index (χ1) is 17.5. The van der Waals surface area contributed by atoms with Crippen LogP contribution in [0.3, 0.4) is 0 Å². The van der Waals surface area contributed by atoms with E-state index in [9.17, 15) is 14.4 Å². The van der Waals surface area contributed by atoms with Crippen LogP contribution in [0, 0.1) is 5.95 Å². The van der Waals surface area contributed by atoms with E-state index >= 15 is 4.39 Å². The first-order valence-corrected chi connectivity index (χ1v) is 11.1. The zero-order chi connectivity index (χ0) is 25.4. The molecule has 178 valence electrons. The number of benzene rings is 4. The molecule has 36 heavy (non-hydrogen) atoms. The van der Waals surface area contributed by atoms with Gasteiger partial charge in [-0.05, 0) is 39.7 Å². The van der Waals surface area contributed by atoms with Crippen molar-refractivity contribution >= 4 is 39.3 Å². The molecule has 0 aliphatic heterocycles. The first kappa shape index (κ1) is 23.0. The number of ether oxygens (including phenoxy) is 2. The SMILES string of the molecule is COC(=O)c1c(C(=O)OC)c(C(=O)c2c3ccccc3cc3ccccc23)n(-c2ccccc2)c1F. The van der Waals surface area contributed by atoms with E-state index in [4.69, 9.17) is 9.47 Å². The summed E-state index contributed by atoms with van der Waals surface area (Å²) in [6.07, 6.45) is 0. The van der Waals surface area contributed by atoms with Gasteiger partial charge in [0.15, 0.2) is 0 Å². The maximum atomic E-state index is 16.0. The van der Waals surface area contributed by atoms with Gasteiger partial charge in [0.1, 0.15) is 16.8 Å². The molecule has 0 amide bonds. The minimum atomic E-state index is -1.10. The van der Waals surface area contributed by atoms with Crippen LogP contribution >= 0.6 is 0 Å². The Balaban J connectivity index is 1.95. The summed E-state index contributed by atoms with van der Waals surface area (Å²) in [5.74, 6) is -3.86. The Morgan fingerprint density at radius 1 is 0.667 bits per heavy atom. The summed E-state index contributed by atoms with van der Waals surface area (Å²) in [4.78, 5) is 40.1. The Kier molecular flexibility index (Phi) is 5.82. The largest absolute Gasteiger partial charge is 0.465 e. The van der Waals surface area contributed by atoms with Crippen molar-refractivity contribution in [1.82, 2.24) is 4.57 Å². The quantitative estimate of drug-likeness (QED) is 0.182. The van der Waals surface area contributed by atoms with Gasteiger partial charge in [0.2, 0.25) is 11.7 Å². The fraction of sp³-hybridized carbons (Fsp3) is 0.0690. The van der Waals surface area contributed by atoms with E-state index in [0.717, 1.165) is 29.6 Å². The predicted molar refractivity (Wildman–Crippen MR) is 133 cm³/mol. The van der Waals surface area contributed by atoms with E-state index in [0.29, 0.717) is 10.8 Å². The molecule has 0 spiro atoms. The van der Waals surface area contributed by atoms with E-state index in [1.54, 1.807) is 54.6 Å².